The van der Waals surface area contributed by atoms with Gasteiger partial charge >= 0.3 is 6.09 Å². The van der Waals surface area contributed by atoms with Gasteiger partial charge in [0, 0.05) is 41.2 Å². The number of aromatic nitrogens is 3. The highest BCUT2D eigenvalue weighted by Crippen LogP contribution is 2.27. The third-order valence-electron chi connectivity index (χ3n) is 6.06. The molecule has 1 unspecified atom stereocenters. The van der Waals surface area contributed by atoms with Crippen LogP contribution in [0.1, 0.15) is 44.0 Å². The molecular formula is C29H31N5O4S. The Labute approximate surface area is 229 Å². The molecule has 9 nitrogen and oxygen atoms in total. The van der Waals surface area contributed by atoms with Crippen LogP contribution in [0, 0.1) is 0 Å². The first-order valence-corrected chi connectivity index (χ1v) is 14.2. The van der Waals surface area contributed by atoms with Crippen LogP contribution >= 0.6 is 0 Å². The summed E-state index contributed by atoms with van der Waals surface area (Å²) in [6.45, 7) is 5.51. The molecule has 4 aromatic rings. The Bertz CT molecular complexity index is 1520. The molecule has 0 radical (unpaired) electrons. The molecule has 1 fully saturated rings. The van der Waals surface area contributed by atoms with Gasteiger partial charge in [-0.15, -0.1) is 0 Å². The van der Waals surface area contributed by atoms with E-state index in [0.29, 0.717) is 28.0 Å². The van der Waals surface area contributed by atoms with Crippen LogP contribution in [-0.4, -0.2) is 54.5 Å². The lowest BCUT2D eigenvalue weighted by atomic mass is 10.1. The third-order valence-corrected chi connectivity index (χ3v) is 7.34. The van der Waals surface area contributed by atoms with Crippen molar-refractivity contribution in [3.8, 4) is 22.5 Å². The summed E-state index contributed by atoms with van der Waals surface area (Å²) in [7, 11) is -1.55. The minimum atomic E-state index is -1.55. The molecule has 39 heavy (non-hydrogen) atoms. The number of nitrogens with one attached hydrogen (secondary N) is 2. The van der Waals surface area contributed by atoms with Crippen molar-refractivity contribution in [1.82, 2.24) is 25.0 Å². The first-order valence-electron chi connectivity index (χ1n) is 12.9. The van der Waals surface area contributed by atoms with E-state index in [1.54, 1.807) is 39.1 Å². The Balaban J connectivity index is 1.44. The molecule has 1 atom stereocenters. The summed E-state index contributed by atoms with van der Waals surface area (Å²) in [4.78, 5) is 33.7. The lowest BCUT2D eigenvalue weighted by molar-refractivity contribution is 0.0531. The molecule has 2 amide bonds. The van der Waals surface area contributed by atoms with Crippen LogP contribution in [-0.2, 0) is 15.5 Å². The Kier molecular flexibility index (Phi) is 7.47. The predicted octanol–water partition coefficient (Wildman–Crippen LogP) is 4.59. The average Bonchev–Trinajstić information content (AvgIpc) is 3.62. The second-order valence-electron chi connectivity index (χ2n) is 10.4. The van der Waals surface area contributed by atoms with E-state index in [9.17, 15) is 13.8 Å². The maximum Gasteiger partial charge on any atom is 0.407 e. The highest BCUT2D eigenvalue weighted by atomic mass is 32.2. The number of carbonyl (C=O) groups excluding carboxylic acids is 2. The predicted molar refractivity (Wildman–Crippen MR) is 150 cm³/mol. The number of ether oxygens (including phenoxy) is 1. The minimum Gasteiger partial charge on any atom is -0.444 e. The molecule has 1 aliphatic rings. The lowest BCUT2D eigenvalue weighted by Crippen LogP contribution is -2.34. The SMILES string of the molecule is CC(C)(C)OC(=O)NCCS(=O)c1nc(-c2ccccc2)cn2c(-c3ccc(C(=O)NC4CC4)cc3)cnc12. The average molecular weight is 546 g/mol. The largest absolute Gasteiger partial charge is 0.444 e. The van der Waals surface area contributed by atoms with Gasteiger partial charge in [0.2, 0.25) is 0 Å². The van der Waals surface area contributed by atoms with E-state index < -0.39 is 22.5 Å². The van der Waals surface area contributed by atoms with Crippen LogP contribution in [0.2, 0.25) is 0 Å². The minimum absolute atomic E-state index is 0.0737. The first-order chi connectivity index (χ1) is 18.7. The molecule has 0 spiro atoms. The molecule has 202 valence electrons. The van der Waals surface area contributed by atoms with Crippen molar-refractivity contribution in [2.75, 3.05) is 12.3 Å². The number of fused-ring (bicyclic) bond motifs is 1. The summed E-state index contributed by atoms with van der Waals surface area (Å²) < 4.78 is 20.6. The van der Waals surface area contributed by atoms with Crippen molar-refractivity contribution < 1.29 is 18.5 Å². The first kappa shape index (κ1) is 26.6. The van der Waals surface area contributed by atoms with Gasteiger partial charge in [-0.3, -0.25) is 13.4 Å². The Morgan fingerprint density at radius 3 is 2.44 bits per heavy atom. The molecule has 2 aromatic carbocycles. The van der Waals surface area contributed by atoms with Gasteiger partial charge in [0.05, 0.1) is 28.4 Å². The highest BCUT2D eigenvalue weighted by Gasteiger charge is 2.24. The van der Waals surface area contributed by atoms with Gasteiger partial charge in [-0.2, -0.15) is 0 Å². The zero-order chi connectivity index (χ0) is 27.6. The van der Waals surface area contributed by atoms with Crippen LogP contribution < -0.4 is 10.6 Å². The maximum absolute atomic E-state index is 13.4. The van der Waals surface area contributed by atoms with Crippen LogP contribution in [0.4, 0.5) is 4.79 Å². The van der Waals surface area contributed by atoms with Crippen molar-refractivity contribution in [2.24, 2.45) is 0 Å². The summed E-state index contributed by atoms with van der Waals surface area (Å²) in [5, 5.41) is 5.98. The van der Waals surface area contributed by atoms with Gasteiger partial charge in [0.1, 0.15) is 5.60 Å². The summed E-state index contributed by atoms with van der Waals surface area (Å²) in [6, 6.07) is 17.3. The van der Waals surface area contributed by atoms with Crippen LogP contribution in [0.25, 0.3) is 28.2 Å². The molecule has 2 aromatic heterocycles. The van der Waals surface area contributed by atoms with Gasteiger partial charge in [-0.25, -0.2) is 14.8 Å². The second-order valence-corrected chi connectivity index (χ2v) is 11.9. The van der Waals surface area contributed by atoms with Crippen molar-refractivity contribution >= 4 is 28.4 Å². The fraction of sp³-hybridized carbons (Fsp3) is 0.310. The molecule has 5 rings (SSSR count). The number of hydrogen-bond acceptors (Lipinski definition) is 6. The smallest absolute Gasteiger partial charge is 0.407 e. The van der Waals surface area contributed by atoms with E-state index in [-0.39, 0.29) is 18.2 Å². The molecule has 0 saturated heterocycles. The van der Waals surface area contributed by atoms with E-state index in [1.165, 1.54) is 0 Å². The van der Waals surface area contributed by atoms with E-state index in [1.807, 2.05) is 53.1 Å². The lowest BCUT2D eigenvalue weighted by Gasteiger charge is -2.19. The number of hydrogen-bond donors (Lipinski definition) is 2. The van der Waals surface area contributed by atoms with Crippen molar-refractivity contribution in [3.63, 3.8) is 0 Å². The number of alkyl carbamates (subject to hydrolysis) is 1. The molecule has 10 heteroatoms. The quantitative estimate of drug-likeness (QED) is 0.335. The molecule has 2 heterocycles. The van der Waals surface area contributed by atoms with Crippen molar-refractivity contribution in [2.45, 2.75) is 50.3 Å². The van der Waals surface area contributed by atoms with E-state index in [0.717, 1.165) is 29.7 Å². The van der Waals surface area contributed by atoms with Gasteiger partial charge < -0.3 is 15.4 Å². The standard InChI is InChI=1S/C29H31N5O4S/c1-29(2,3)38-28(36)30-15-16-39(37)27-25-31-17-24(34(25)18-23(33-27)19-7-5-4-6-8-19)20-9-11-21(12-10-20)26(35)32-22-13-14-22/h4-12,17-18,22H,13-16H2,1-3H3,(H,30,36)(H,32,35). The Hall–Kier alpha value is -4.05. The monoisotopic (exact) mass is 545 g/mol. The number of imidazole rings is 1. The van der Waals surface area contributed by atoms with Gasteiger partial charge in [-0.1, -0.05) is 42.5 Å². The number of amides is 2. The molecule has 0 bridgehead atoms. The van der Waals surface area contributed by atoms with E-state index in [4.69, 9.17) is 9.72 Å². The summed E-state index contributed by atoms with van der Waals surface area (Å²) in [5.74, 6) is 0.0723. The molecule has 1 aliphatic carbocycles. The fourth-order valence-corrected chi connectivity index (χ4v) is 5.06. The Morgan fingerprint density at radius 1 is 1.05 bits per heavy atom. The number of carbonyl (C=O) groups is 2. The van der Waals surface area contributed by atoms with Crippen molar-refractivity contribution in [1.29, 1.82) is 0 Å². The van der Waals surface area contributed by atoms with E-state index in [2.05, 4.69) is 15.6 Å². The van der Waals surface area contributed by atoms with Crippen LogP contribution in [0.5, 0.6) is 0 Å². The van der Waals surface area contributed by atoms with Crippen LogP contribution in [0.15, 0.2) is 72.0 Å². The zero-order valence-electron chi connectivity index (χ0n) is 22.1. The highest BCUT2D eigenvalue weighted by molar-refractivity contribution is 7.85. The Morgan fingerprint density at radius 2 is 1.77 bits per heavy atom. The number of rotatable bonds is 8. The normalized spacial score (nSPS) is 14.1. The topological polar surface area (TPSA) is 115 Å². The number of benzene rings is 2. The van der Waals surface area contributed by atoms with Crippen molar-refractivity contribution in [3.05, 3.63) is 72.6 Å². The summed E-state index contributed by atoms with van der Waals surface area (Å²) in [5.41, 5.74) is 3.61. The molecule has 0 aliphatic heterocycles. The fourth-order valence-electron chi connectivity index (χ4n) is 4.02. The number of nitrogens with zero attached hydrogens (tertiary/aromatic N) is 3. The summed E-state index contributed by atoms with van der Waals surface area (Å²) >= 11 is 0. The third kappa shape index (κ3) is 6.51. The molecule has 2 N–H and O–H groups in total. The van der Waals surface area contributed by atoms with Crippen LogP contribution in [0.3, 0.4) is 0 Å². The van der Waals surface area contributed by atoms with Gasteiger partial charge in [0.15, 0.2) is 10.7 Å². The summed E-state index contributed by atoms with van der Waals surface area (Å²) in [6.07, 6.45) is 5.09. The van der Waals surface area contributed by atoms with Gasteiger partial charge in [0.25, 0.3) is 5.91 Å². The zero-order valence-corrected chi connectivity index (χ0v) is 23.0. The second kappa shape index (κ2) is 11.0. The molecule has 1 saturated carbocycles. The maximum atomic E-state index is 13.4. The molecular weight excluding hydrogens is 514 g/mol. The van der Waals surface area contributed by atoms with E-state index >= 15 is 0 Å². The van der Waals surface area contributed by atoms with Gasteiger partial charge in [-0.05, 0) is 45.7 Å².